The van der Waals surface area contributed by atoms with Crippen LogP contribution < -0.4 is 10.6 Å². The van der Waals surface area contributed by atoms with Crippen molar-refractivity contribution < 1.29 is 0 Å². The number of aryl methyl sites for hydroxylation is 1. The molecule has 0 atom stereocenters. The van der Waals surface area contributed by atoms with Crippen LogP contribution in [0, 0.1) is 6.92 Å². The Morgan fingerprint density at radius 2 is 2.13 bits per heavy atom. The van der Waals surface area contributed by atoms with Crippen molar-refractivity contribution in [2.45, 2.75) is 6.92 Å². The number of benzene rings is 1. The van der Waals surface area contributed by atoms with Gasteiger partial charge in [-0.3, -0.25) is 4.90 Å². The van der Waals surface area contributed by atoms with Crippen LogP contribution in [0.3, 0.4) is 0 Å². The minimum absolute atomic E-state index is 0.950. The average Bonchev–Trinajstić information content (AvgIpc) is 2.28. The third-order valence-electron chi connectivity index (χ3n) is 2.73. The maximum Gasteiger partial charge on any atom is 0.0679 e. The van der Waals surface area contributed by atoms with Crippen molar-refractivity contribution in [1.82, 2.24) is 10.2 Å². The van der Waals surface area contributed by atoms with Crippen LogP contribution in [-0.4, -0.2) is 37.7 Å². The van der Waals surface area contributed by atoms with Gasteiger partial charge in [-0.05, 0) is 24.6 Å². The fourth-order valence-corrected chi connectivity index (χ4v) is 1.83. The van der Waals surface area contributed by atoms with Crippen molar-refractivity contribution in [3.63, 3.8) is 0 Å². The van der Waals surface area contributed by atoms with E-state index in [1.54, 1.807) is 0 Å². The fraction of sp³-hybridized carbons (Fsp3) is 0.500. The Bertz CT molecular complexity index is 305. The van der Waals surface area contributed by atoms with Crippen molar-refractivity contribution in [3.8, 4) is 0 Å². The van der Waals surface area contributed by atoms with E-state index in [9.17, 15) is 0 Å². The first-order chi connectivity index (χ1) is 7.34. The van der Waals surface area contributed by atoms with E-state index in [2.05, 4.69) is 46.7 Å². The molecule has 2 rings (SSSR count). The first-order valence-electron chi connectivity index (χ1n) is 5.58. The van der Waals surface area contributed by atoms with Crippen molar-refractivity contribution in [2.75, 3.05) is 38.2 Å². The second-order valence-electron chi connectivity index (χ2n) is 4.07. The van der Waals surface area contributed by atoms with Gasteiger partial charge in [-0.1, -0.05) is 12.1 Å². The van der Waals surface area contributed by atoms with Crippen LogP contribution in [0.5, 0.6) is 0 Å². The monoisotopic (exact) mass is 205 g/mol. The highest BCUT2D eigenvalue weighted by Gasteiger charge is 2.07. The van der Waals surface area contributed by atoms with Crippen LogP contribution in [0.1, 0.15) is 5.56 Å². The first kappa shape index (κ1) is 10.5. The number of hydrogen-bond acceptors (Lipinski definition) is 3. The van der Waals surface area contributed by atoms with Gasteiger partial charge in [-0.25, -0.2) is 0 Å². The Morgan fingerprint density at radius 1 is 1.33 bits per heavy atom. The minimum Gasteiger partial charge on any atom is -0.372 e. The molecule has 0 bridgehead atoms. The van der Waals surface area contributed by atoms with Crippen LogP contribution in [0.2, 0.25) is 0 Å². The van der Waals surface area contributed by atoms with Gasteiger partial charge in [0.25, 0.3) is 0 Å². The van der Waals surface area contributed by atoms with Crippen molar-refractivity contribution in [1.29, 1.82) is 0 Å². The normalized spacial score (nSPS) is 17.7. The van der Waals surface area contributed by atoms with Gasteiger partial charge in [-0.15, -0.1) is 0 Å². The van der Waals surface area contributed by atoms with E-state index >= 15 is 0 Å². The maximum atomic E-state index is 3.45. The fourth-order valence-electron chi connectivity index (χ4n) is 1.83. The average molecular weight is 205 g/mol. The summed E-state index contributed by atoms with van der Waals surface area (Å²) in [6, 6.07) is 8.52. The summed E-state index contributed by atoms with van der Waals surface area (Å²) in [6.07, 6.45) is 0. The van der Waals surface area contributed by atoms with Crippen molar-refractivity contribution in [2.24, 2.45) is 0 Å². The quantitative estimate of drug-likeness (QED) is 0.778. The number of rotatable bonds is 3. The van der Waals surface area contributed by atoms with E-state index in [4.69, 9.17) is 0 Å². The molecule has 1 fully saturated rings. The molecule has 82 valence electrons. The number of nitrogens with zero attached hydrogens (tertiary/aromatic N) is 1. The lowest BCUT2D eigenvalue weighted by Crippen LogP contribution is -2.45. The van der Waals surface area contributed by atoms with Gasteiger partial charge in [0.2, 0.25) is 0 Å². The molecule has 15 heavy (non-hydrogen) atoms. The van der Waals surface area contributed by atoms with Crippen molar-refractivity contribution >= 4 is 5.69 Å². The largest absolute Gasteiger partial charge is 0.372 e. The minimum atomic E-state index is 0.950. The molecule has 3 nitrogen and oxygen atoms in total. The summed E-state index contributed by atoms with van der Waals surface area (Å²) in [4.78, 5) is 2.43. The van der Waals surface area contributed by atoms with Gasteiger partial charge in [0.05, 0.1) is 6.67 Å². The van der Waals surface area contributed by atoms with Gasteiger partial charge >= 0.3 is 0 Å². The first-order valence-corrected chi connectivity index (χ1v) is 5.58. The lowest BCUT2D eigenvalue weighted by Gasteiger charge is -2.27. The Morgan fingerprint density at radius 3 is 2.87 bits per heavy atom. The van der Waals surface area contributed by atoms with Gasteiger partial charge in [0, 0.05) is 31.9 Å². The summed E-state index contributed by atoms with van der Waals surface area (Å²) in [5.41, 5.74) is 2.52. The second kappa shape index (κ2) is 5.14. The smallest absolute Gasteiger partial charge is 0.0679 e. The molecular formula is C12H19N3. The maximum absolute atomic E-state index is 3.45. The van der Waals surface area contributed by atoms with Crippen molar-refractivity contribution in [3.05, 3.63) is 29.8 Å². The molecule has 0 aliphatic carbocycles. The zero-order valence-electron chi connectivity index (χ0n) is 9.29. The molecule has 1 aliphatic rings. The number of piperazine rings is 1. The third-order valence-corrected chi connectivity index (χ3v) is 2.73. The topological polar surface area (TPSA) is 27.3 Å². The molecule has 0 amide bonds. The summed E-state index contributed by atoms with van der Waals surface area (Å²) in [5.74, 6) is 0. The molecule has 0 saturated carbocycles. The predicted octanol–water partition coefficient (Wildman–Crippen LogP) is 1.27. The molecule has 1 saturated heterocycles. The molecule has 1 aliphatic heterocycles. The van der Waals surface area contributed by atoms with Crippen LogP contribution >= 0.6 is 0 Å². The summed E-state index contributed by atoms with van der Waals surface area (Å²) < 4.78 is 0. The number of nitrogens with one attached hydrogen (secondary N) is 2. The molecule has 0 radical (unpaired) electrons. The number of hydrogen-bond donors (Lipinski definition) is 2. The molecule has 1 heterocycles. The zero-order chi connectivity index (χ0) is 10.5. The summed E-state index contributed by atoms with van der Waals surface area (Å²) in [6.45, 7) is 7.56. The Hall–Kier alpha value is -1.06. The highest BCUT2D eigenvalue weighted by molar-refractivity contribution is 5.45. The third kappa shape index (κ3) is 3.22. The van der Waals surface area contributed by atoms with Crippen LogP contribution in [-0.2, 0) is 0 Å². The van der Waals surface area contributed by atoms with E-state index in [0.717, 1.165) is 32.8 Å². The predicted molar refractivity (Wildman–Crippen MR) is 64.1 cm³/mol. The molecule has 1 aromatic carbocycles. The van der Waals surface area contributed by atoms with Gasteiger partial charge in [0.15, 0.2) is 0 Å². The molecule has 0 spiro atoms. The Labute approximate surface area is 91.5 Å². The van der Waals surface area contributed by atoms with E-state index < -0.39 is 0 Å². The zero-order valence-corrected chi connectivity index (χ0v) is 9.29. The summed E-state index contributed by atoms with van der Waals surface area (Å²) in [5, 5.41) is 6.81. The van der Waals surface area contributed by atoms with E-state index in [1.807, 2.05) is 0 Å². The van der Waals surface area contributed by atoms with Crippen LogP contribution in [0.4, 0.5) is 5.69 Å². The van der Waals surface area contributed by atoms with Crippen LogP contribution in [0.15, 0.2) is 24.3 Å². The SMILES string of the molecule is Cc1cccc(NCN2CCNCC2)c1. The standard InChI is InChI=1S/C12H19N3/c1-11-3-2-4-12(9-11)14-10-15-7-5-13-6-8-15/h2-4,9,13-14H,5-8,10H2,1H3. The lowest BCUT2D eigenvalue weighted by atomic mass is 10.2. The summed E-state index contributed by atoms with van der Waals surface area (Å²) >= 11 is 0. The van der Waals surface area contributed by atoms with Gasteiger partial charge < -0.3 is 10.6 Å². The highest BCUT2D eigenvalue weighted by Crippen LogP contribution is 2.09. The van der Waals surface area contributed by atoms with Gasteiger partial charge in [-0.2, -0.15) is 0 Å². The molecular weight excluding hydrogens is 186 g/mol. The highest BCUT2D eigenvalue weighted by atomic mass is 15.3. The Kier molecular flexibility index (Phi) is 3.59. The molecule has 0 aromatic heterocycles. The molecule has 3 heteroatoms. The Balaban J connectivity index is 1.81. The lowest BCUT2D eigenvalue weighted by molar-refractivity contribution is 0.256. The van der Waals surface area contributed by atoms with E-state index in [-0.39, 0.29) is 0 Å². The van der Waals surface area contributed by atoms with E-state index in [0.29, 0.717) is 0 Å². The number of anilines is 1. The second-order valence-corrected chi connectivity index (χ2v) is 4.07. The van der Waals surface area contributed by atoms with Crippen LogP contribution in [0.25, 0.3) is 0 Å². The molecule has 2 N–H and O–H groups in total. The van der Waals surface area contributed by atoms with E-state index in [1.165, 1.54) is 11.3 Å². The molecule has 1 aromatic rings. The summed E-state index contributed by atoms with van der Waals surface area (Å²) in [7, 11) is 0. The molecule has 0 unspecified atom stereocenters. The van der Waals surface area contributed by atoms with Gasteiger partial charge in [0.1, 0.15) is 0 Å².